The van der Waals surface area contributed by atoms with E-state index in [-0.39, 0.29) is 17.6 Å². The molecule has 2 heterocycles. The van der Waals surface area contributed by atoms with Gasteiger partial charge in [0.15, 0.2) is 5.16 Å². The molecule has 0 atom stereocenters. The second kappa shape index (κ2) is 11.8. The summed E-state index contributed by atoms with van der Waals surface area (Å²) in [6, 6.07) is 19.0. The van der Waals surface area contributed by atoms with E-state index in [1.807, 2.05) is 67.6 Å². The number of thioether (sulfide) groups is 1. The molecule has 5 rings (SSSR count). The van der Waals surface area contributed by atoms with Crippen molar-refractivity contribution in [1.82, 2.24) is 9.97 Å². The maximum Gasteiger partial charge on any atom is 0.258 e. The van der Waals surface area contributed by atoms with Crippen LogP contribution in [0.1, 0.15) is 39.3 Å². The molecule has 0 spiro atoms. The van der Waals surface area contributed by atoms with Crippen LogP contribution in [0.3, 0.4) is 0 Å². The normalized spacial score (nSPS) is 12.5. The lowest BCUT2D eigenvalue weighted by atomic mass is 9.95. The van der Waals surface area contributed by atoms with E-state index in [1.165, 1.54) is 28.0 Å². The summed E-state index contributed by atoms with van der Waals surface area (Å²) in [5, 5.41) is 7.13. The van der Waals surface area contributed by atoms with Crippen LogP contribution < -0.4 is 15.4 Å². The van der Waals surface area contributed by atoms with Gasteiger partial charge in [-0.2, -0.15) is 0 Å². The van der Waals surface area contributed by atoms with Crippen molar-refractivity contribution in [2.45, 2.75) is 37.8 Å². The van der Waals surface area contributed by atoms with Crippen LogP contribution in [0.4, 0.5) is 10.7 Å². The molecule has 2 amide bonds. The molecule has 2 N–H and O–H groups in total. The van der Waals surface area contributed by atoms with Gasteiger partial charge in [-0.05, 0) is 80.6 Å². The van der Waals surface area contributed by atoms with Crippen molar-refractivity contribution in [2.75, 3.05) is 23.5 Å². The van der Waals surface area contributed by atoms with Crippen LogP contribution >= 0.6 is 23.1 Å². The number of nitrogens with zero attached hydrogens (tertiary/aromatic N) is 2. The number of fused-ring (bicyclic) bond motifs is 1. The zero-order valence-corrected chi connectivity index (χ0v) is 22.9. The van der Waals surface area contributed by atoms with E-state index in [0.29, 0.717) is 15.7 Å². The molecule has 9 heteroatoms. The highest BCUT2D eigenvalue weighted by molar-refractivity contribution is 7.99. The molecule has 7 nitrogen and oxygen atoms in total. The van der Waals surface area contributed by atoms with E-state index < -0.39 is 0 Å². The van der Waals surface area contributed by atoms with Crippen molar-refractivity contribution in [1.29, 1.82) is 0 Å². The van der Waals surface area contributed by atoms with Gasteiger partial charge in [0.2, 0.25) is 5.91 Å². The smallest absolute Gasteiger partial charge is 0.258 e. The first-order valence-corrected chi connectivity index (χ1v) is 14.2. The van der Waals surface area contributed by atoms with Crippen molar-refractivity contribution in [2.24, 2.45) is 0 Å². The topological polar surface area (TPSA) is 93.2 Å². The number of rotatable bonds is 8. The first-order valence-electron chi connectivity index (χ1n) is 12.4. The Balaban J connectivity index is 1.30. The highest BCUT2D eigenvalue weighted by Gasteiger charge is 2.26. The number of anilines is 2. The molecule has 2 aromatic carbocycles. The SMILES string of the molecule is COc1ccc(-c2cc(C)nc(SCC(=O)Nc3sc4c(c3C(=O)Nc3ccccc3)CCCC4)n2)cc1. The molecule has 38 heavy (non-hydrogen) atoms. The van der Waals surface area contributed by atoms with Gasteiger partial charge in [0.25, 0.3) is 5.91 Å². The summed E-state index contributed by atoms with van der Waals surface area (Å²) in [6.45, 7) is 1.91. The summed E-state index contributed by atoms with van der Waals surface area (Å²) in [4.78, 5) is 36.6. The van der Waals surface area contributed by atoms with Crippen LogP contribution in [0.25, 0.3) is 11.3 Å². The number of benzene rings is 2. The second-order valence-electron chi connectivity index (χ2n) is 8.98. The number of nitrogens with one attached hydrogen (secondary N) is 2. The van der Waals surface area contributed by atoms with Gasteiger partial charge in [-0.15, -0.1) is 11.3 Å². The van der Waals surface area contributed by atoms with Crippen molar-refractivity contribution < 1.29 is 14.3 Å². The molecule has 0 radical (unpaired) electrons. The summed E-state index contributed by atoms with van der Waals surface area (Å²) in [5.41, 5.74) is 4.92. The van der Waals surface area contributed by atoms with Gasteiger partial charge in [-0.1, -0.05) is 30.0 Å². The van der Waals surface area contributed by atoms with Crippen LogP contribution in [0.2, 0.25) is 0 Å². The summed E-state index contributed by atoms with van der Waals surface area (Å²) >= 11 is 2.79. The fraction of sp³-hybridized carbons (Fsp3) is 0.241. The molecule has 4 aromatic rings. The second-order valence-corrected chi connectivity index (χ2v) is 11.0. The van der Waals surface area contributed by atoms with Crippen molar-refractivity contribution in [3.05, 3.63) is 82.4 Å². The average molecular weight is 545 g/mol. The quantitative estimate of drug-likeness (QED) is 0.197. The lowest BCUT2D eigenvalue weighted by molar-refractivity contribution is -0.113. The van der Waals surface area contributed by atoms with Gasteiger partial charge in [-0.25, -0.2) is 9.97 Å². The molecule has 1 aliphatic rings. The van der Waals surface area contributed by atoms with Crippen molar-refractivity contribution >= 4 is 45.6 Å². The largest absolute Gasteiger partial charge is 0.497 e. The molecular weight excluding hydrogens is 516 g/mol. The molecule has 0 saturated carbocycles. The standard InChI is InChI=1S/C29H28N4O3S2/c1-18-16-23(19-12-14-21(36-2)15-13-19)32-29(30-18)37-17-25(34)33-28-26(22-10-6-7-11-24(22)38-28)27(35)31-20-8-4-3-5-9-20/h3-5,8-9,12-16H,6-7,10-11,17H2,1-2H3,(H,31,35)(H,33,34). The number of aryl methyl sites for hydroxylation is 2. The van der Waals surface area contributed by atoms with Gasteiger partial charge in [0.1, 0.15) is 10.8 Å². The predicted octanol–water partition coefficient (Wildman–Crippen LogP) is 6.38. The number of aromatic nitrogens is 2. The number of thiophene rings is 1. The van der Waals surface area contributed by atoms with Crippen molar-refractivity contribution in [3.63, 3.8) is 0 Å². The van der Waals surface area contributed by atoms with E-state index in [4.69, 9.17) is 4.74 Å². The summed E-state index contributed by atoms with van der Waals surface area (Å²) < 4.78 is 5.24. The minimum atomic E-state index is -0.196. The van der Waals surface area contributed by atoms with Crippen LogP contribution in [0, 0.1) is 6.92 Å². The highest BCUT2D eigenvalue weighted by atomic mass is 32.2. The Morgan fingerprint density at radius 2 is 1.76 bits per heavy atom. The highest BCUT2D eigenvalue weighted by Crippen LogP contribution is 2.38. The van der Waals surface area contributed by atoms with E-state index in [2.05, 4.69) is 20.6 Å². The predicted molar refractivity (Wildman–Crippen MR) is 153 cm³/mol. The zero-order valence-electron chi connectivity index (χ0n) is 21.2. The molecule has 2 aromatic heterocycles. The molecule has 0 aliphatic heterocycles. The van der Waals surface area contributed by atoms with Crippen LogP contribution in [0.15, 0.2) is 65.8 Å². The number of carbonyl (C=O) groups is 2. The first-order chi connectivity index (χ1) is 18.5. The number of carbonyl (C=O) groups excluding carboxylic acids is 2. The summed E-state index contributed by atoms with van der Waals surface area (Å²) in [6.07, 6.45) is 3.91. The number of ether oxygens (including phenoxy) is 1. The minimum Gasteiger partial charge on any atom is -0.497 e. The zero-order chi connectivity index (χ0) is 26.5. The third-order valence-corrected chi connectivity index (χ3v) is 8.29. The maximum absolute atomic E-state index is 13.3. The summed E-state index contributed by atoms with van der Waals surface area (Å²) in [7, 11) is 1.63. The Labute approximate surface area is 230 Å². The lowest BCUT2D eigenvalue weighted by Crippen LogP contribution is -2.19. The van der Waals surface area contributed by atoms with Crippen LogP contribution in [-0.4, -0.2) is 34.6 Å². The van der Waals surface area contributed by atoms with Crippen LogP contribution in [-0.2, 0) is 17.6 Å². The number of hydrogen-bond acceptors (Lipinski definition) is 7. The Morgan fingerprint density at radius 3 is 2.53 bits per heavy atom. The van der Waals surface area contributed by atoms with Crippen molar-refractivity contribution in [3.8, 4) is 17.0 Å². The summed E-state index contributed by atoms with van der Waals surface area (Å²) in [5.74, 6) is 0.523. The molecule has 0 fully saturated rings. The number of methoxy groups -OCH3 is 1. The van der Waals surface area contributed by atoms with E-state index in [1.54, 1.807) is 7.11 Å². The van der Waals surface area contributed by atoms with Gasteiger partial charge in [-0.3, -0.25) is 9.59 Å². The van der Waals surface area contributed by atoms with Gasteiger partial charge < -0.3 is 15.4 Å². The number of para-hydroxylation sites is 1. The van der Waals surface area contributed by atoms with E-state index in [0.717, 1.165) is 59.6 Å². The van der Waals surface area contributed by atoms with Gasteiger partial charge in [0.05, 0.1) is 24.1 Å². The molecule has 194 valence electrons. The minimum absolute atomic E-state index is 0.133. The third kappa shape index (κ3) is 6.06. The molecule has 0 bridgehead atoms. The third-order valence-electron chi connectivity index (χ3n) is 6.23. The number of hydrogen-bond donors (Lipinski definition) is 2. The molecule has 0 saturated heterocycles. The lowest BCUT2D eigenvalue weighted by Gasteiger charge is -2.13. The average Bonchev–Trinajstić information content (AvgIpc) is 3.30. The van der Waals surface area contributed by atoms with E-state index in [9.17, 15) is 9.59 Å². The monoisotopic (exact) mass is 544 g/mol. The molecule has 1 aliphatic carbocycles. The number of amides is 2. The Bertz CT molecular complexity index is 1450. The molecular formula is C29H28N4O3S2. The fourth-order valence-corrected chi connectivity index (χ4v) is 6.42. The molecule has 0 unspecified atom stereocenters. The fourth-order valence-electron chi connectivity index (χ4n) is 4.42. The van der Waals surface area contributed by atoms with Gasteiger partial charge >= 0.3 is 0 Å². The maximum atomic E-state index is 13.3. The Kier molecular flexibility index (Phi) is 8.05. The Hall–Kier alpha value is -3.69. The van der Waals surface area contributed by atoms with E-state index >= 15 is 0 Å². The Morgan fingerprint density at radius 1 is 1.00 bits per heavy atom. The van der Waals surface area contributed by atoms with Gasteiger partial charge in [0, 0.05) is 21.8 Å². The first kappa shape index (κ1) is 25.9. The van der Waals surface area contributed by atoms with Crippen LogP contribution in [0.5, 0.6) is 5.75 Å².